The summed E-state index contributed by atoms with van der Waals surface area (Å²) in [7, 11) is 0. The molecule has 10 rings (SSSR count). The van der Waals surface area contributed by atoms with Crippen LogP contribution in [0, 0.1) is 0 Å². The topological polar surface area (TPSA) is 13.1 Å². The van der Waals surface area contributed by atoms with E-state index >= 15 is 0 Å². The van der Waals surface area contributed by atoms with E-state index in [9.17, 15) is 13.7 Å². The second kappa shape index (κ2) is 10.0. The molecule has 1 aromatic heterocycles. The fourth-order valence-electron chi connectivity index (χ4n) is 6.55. The Hall–Kier alpha value is -5.92. The summed E-state index contributed by atoms with van der Waals surface area (Å²) in [5.74, 6) is 0. The molecule has 48 heavy (non-hydrogen) atoms. The molecule has 1 nitrogen and oxygen atoms in total. The van der Waals surface area contributed by atoms with Gasteiger partial charge in [0.1, 0.15) is 11.2 Å². The van der Waals surface area contributed by atoms with Crippen molar-refractivity contribution in [3.63, 3.8) is 0 Å². The van der Waals surface area contributed by atoms with Crippen molar-refractivity contribution in [1.29, 1.82) is 0 Å². The molecule has 1 heterocycles. The van der Waals surface area contributed by atoms with Crippen molar-refractivity contribution in [1.82, 2.24) is 0 Å². The standard InChI is InChI=1S/C47H32O/c1-47(2)40-25-9-7-16-32(40)37-23-12-22-31(46(37)47)29-14-11-15-30(28-29)43-33-17-3-5-19-35(33)44(36-20-6-4-18-34(36)43)39-24-13-27-42-45(39)38-21-8-10-26-41(38)48-42/h3-28H,1-2H3/i1D3,3D,4D,5D,6D,7D,8D,9D,10D,11D,12D,13D,14D,15D,16D,17D,18D,19D,20D,21D,22D,23D,24D,25D,26D,27D,28D. The van der Waals surface area contributed by atoms with E-state index in [1.165, 1.54) is 0 Å². The lowest BCUT2D eigenvalue weighted by atomic mass is 9.78. The first kappa shape index (κ1) is 11.1. The van der Waals surface area contributed by atoms with Gasteiger partial charge in [0, 0.05) is 20.3 Å². The summed E-state index contributed by atoms with van der Waals surface area (Å²) in [6, 6.07) is -25.3. The van der Waals surface area contributed by atoms with Crippen LogP contribution in [-0.2, 0) is 5.41 Å². The van der Waals surface area contributed by atoms with Crippen molar-refractivity contribution < 1.29 is 44.2 Å². The van der Waals surface area contributed by atoms with Gasteiger partial charge in [0.25, 0.3) is 0 Å². The summed E-state index contributed by atoms with van der Waals surface area (Å²) in [6.07, 6.45) is 0. The van der Waals surface area contributed by atoms with Gasteiger partial charge in [-0.1, -0.05) is 153 Å². The summed E-state index contributed by atoms with van der Waals surface area (Å²) < 4.78 is 269. The third-order valence-electron chi connectivity index (χ3n) is 8.51. The van der Waals surface area contributed by atoms with Crippen LogP contribution >= 0.6 is 0 Å². The predicted molar refractivity (Wildman–Crippen MR) is 203 cm³/mol. The van der Waals surface area contributed by atoms with Crippen LogP contribution in [0.4, 0.5) is 0 Å². The van der Waals surface area contributed by atoms with Gasteiger partial charge in [-0.15, -0.1) is 0 Å². The molecule has 1 heteroatoms. The van der Waals surface area contributed by atoms with Crippen LogP contribution in [0.5, 0.6) is 0 Å². The van der Waals surface area contributed by atoms with E-state index < -0.39 is 268 Å². The minimum absolute atomic E-state index is 0.503. The summed E-state index contributed by atoms with van der Waals surface area (Å²) in [5.41, 5.74) is -11.3. The average molecular weight is 642 g/mol. The Labute approximate surface area is 320 Å². The van der Waals surface area contributed by atoms with Gasteiger partial charge in [0.15, 0.2) is 0 Å². The van der Waals surface area contributed by atoms with Crippen molar-refractivity contribution >= 4 is 43.5 Å². The quantitative estimate of drug-likeness (QED) is 0.175. The monoisotopic (exact) mass is 641 g/mol. The van der Waals surface area contributed by atoms with Gasteiger partial charge in [0.05, 0.1) is 35.6 Å². The molecular weight excluding hydrogens is 581 g/mol. The molecule has 0 aliphatic heterocycles. The summed E-state index contributed by atoms with van der Waals surface area (Å²) in [5, 5.41) is -4.17. The molecule has 0 amide bonds. The highest BCUT2D eigenvalue weighted by molar-refractivity contribution is 6.25. The molecule has 8 aromatic carbocycles. The van der Waals surface area contributed by atoms with E-state index in [0.29, 0.717) is 0 Å². The molecule has 0 radical (unpaired) electrons. The van der Waals surface area contributed by atoms with E-state index in [1.807, 2.05) is 0 Å². The third kappa shape index (κ3) is 3.73. The minimum Gasteiger partial charge on any atom is -0.456 e. The Kier molecular flexibility index (Phi) is 2.32. The molecule has 1 aliphatic rings. The second-order valence-corrected chi connectivity index (χ2v) is 11.1. The smallest absolute Gasteiger partial charge is 0.136 e. The maximum atomic E-state index is 10.1. The molecule has 1 aliphatic carbocycles. The van der Waals surface area contributed by atoms with E-state index in [2.05, 4.69) is 0 Å². The highest BCUT2D eigenvalue weighted by atomic mass is 16.3. The molecule has 0 bridgehead atoms. The molecule has 0 spiro atoms. The number of rotatable bonds is 3. The Morgan fingerprint density at radius 3 is 1.79 bits per heavy atom. The van der Waals surface area contributed by atoms with Crippen molar-refractivity contribution in [2.75, 3.05) is 0 Å². The first-order valence-electron chi connectivity index (χ1n) is 28.9. The van der Waals surface area contributed by atoms with Crippen LogP contribution in [-0.4, -0.2) is 0 Å². The van der Waals surface area contributed by atoms with E-state index in [-0.39, 0.29) is 0 Å². The highest BCUT2D eigenvalue weighted by Gasteiger charge is 2.37. The number of benzene rings is 8. The zero-order chi connectivity index (χ0) is 57.1. The van der Waals surface area contributed by atoms with Crippen LogP contribution < -0.4 is 0 Å². The molecule has 1 unspecified atom stereocenters. The molecule has 226 valence electrons. The number of furan rings is 1. The maximum Gasteiger partial charge on any atom is 0.136 e. The van der Waals surface area contributed by atoms with Crippen LogP contribution in [0.3, 0.4) is 0 Å². The first-order chi connectivity index (χ1) is 35.7. The molecule has 0 saturated carbocycles. The van der Waals surface area contributed by atoms with Gasteiger partial charge in [-0.05, 0) is 95.3 Å². The Bertz CT molecular complexity index is 4260. The number of hydrogen-bond donors (Lipinski definition) is 0. The van der Waals surface area contributed by atoms with Crippen molar-refractivity contribution in [2.24, 2.45) is 0 Å². The fourth-order valence-corrected chi connectivity index (χ4v) is 6.55. The number of para-hydroxylation sites is 1. The summed E-state index contributed by atoms with van der Waals surface area (Å²) in [6.45, 7) is -2.36. The summed E-state index contributed by atoms with van der Waals surface area (Å²) in [4.78, 5) is 0. The van der Waals surface area contributed by atoms with E-state index in [4.69, 9.17) is 30.5 Å². The van der Waals surface area contributed by atoms with Gasteiger partial charge in [0.2, 0.25) is 0 Å². The zero-order valence-electron chi connectivity index (χ0n) is 53.4. The SMILES string of the molecule is [2H]c1c([2H])c(-c2c([2H])c([2H])c([2H])c3c2C(C)(C([2H])([2H])[2H])c2c([2H])c([2H])c([2H])c([2H])c2-3)c([2H])c(-c2c3c([2H])c([2H])c([2H])c([2H])c3c(-c3c([2H])c([2H])c([2H])c4oc5c([2H])c([2H])c([2H])c([2H])c5c34)c3c([2H])c([2H])c([2H])c([2H])c23)c1[2H]. The van der Waals surface area contributed by atoms with Gasteiger partial charge in [-0.3, -0.25) is 0 Å². The molecule has 1 atom stereocenters. The minimum atomic E-state index is -3.38. The van der Waals surface area contributed by atoms with Crippen LogP contribution in [0.25, 0.3) is 88.0 Å². The average Bonchev–Trinajstić information content (AvgIpc) is 3.95. The van der Waals surface area contributed by atoms with E-state index in [0.717, 1.165) is 6.92 Å². The lowest BCUT2D eigenvalue weighted by Crippen LogP contribution is -2.16. The predicted octanol–water partition coefficient (Wildman–Crippen LogP) is 13.2. The van der Waals surface area contributed by atoms with Crippen LogP contribution in [0.2, 0.25) is 0 Å². The van der Waals surface area contributed by atoms with Crippen LogP contribution in [0.15, 0.2) is 162 Å². The van der Waals surface area contributed by atoms with Crippen molar-refractivity contribution in [2.45, 2.75) is 19.2 Å². The maximum absolute atomic E-state index is 10.1. The molecule has 9 aromatic rings. The Morgan fingerprint density at radius 2 is 1.02 bits per heavy atom. The first-order valence-corrected chi connectivity index (χ1v) is 14.4. The summed E-state index contributed by atoms with van der Waals surface area (Å²) >= 11 is 0. The molecule has 0 fully saturated rings. The molecule has 0 N–H and O–H groups in total. The second-order valence-electron chi connectivity index (χ2n) is 11.1. The molecule has 0 saturated heterocycles. The lowest BCUT2D eigenvalue weighted by molar-refractivity contribution is 0.662. The Balaban J connectivity index is 1.52. The number of hydrogen-bond acceptors (Lipinski definition) is 1. The van der Waals surface area contributed by atoms with Gasteiger partial charge >= 0.3 is 0 Å². The largest absolute Gasteiger partial charge is 0.456 e. The van der Waals surface area contributed by atoms with Gasteiger partial charge < -0.3 is 4.42 Å². The zero-order valence-corrected chi connectivity index (χ0v) is 24.4. The molecular formula is C47H32O. The van der Waals surface area contributed by atoms with Crippen molar-refractivity contribution in [3.05, 3.63) is 168 Å². The normalized spacial score (nSPS) is 24.1. The Morgan fingerprint density at radius 1 is 0.479 bits per heavy atom. The van der Waals surface area contributed by atoms with E-state index in [1.54, 1.807) is 0 Å². The van der Waals surface area contributed by atoms with Crippen LogP contribution in [0.1, 0.15) is 64.7 Å². The fraction of sp³-hybridized carbons (Fsp3) is 0.0638. The van der Waals surface area contributed by atoms with Gasteiger partial charge in [-0.25, -0.2) is 0 Å². The van der Waals surface area contributed by atoms with Gasteiger partial charge in [-0.2, -0.15) is 0 Å². The number of fused-ring (bicyclic) bond motifs is 8. The lowest BCUT2D eigenvalue weighted by Gasteiger charge is -2.25. The highest BCUT2D eigenvalue weighted by Crippen LogP contribution is 2.53. The third-order valence-corrected chi connectivity index (χ3v) is 8.51. The van der Waals surface area contributed by atoms with Crippen molar-refractivity contribution in [3.8, 4) is 44.5 Å².